The first-order valence-electron chi connectivity index (χ1n) is 5.30. The number of aliphatic hydroxyl groups excluding tert-OH is 1. The number of carbonyl (C=O) groups excluding carboxylic acids is 1. The summed E-state index contributed by atoms with van der Waals surface area (Å²) in [6, 6.07) is -0.176. The van der Waals surface area contributed by atoms with Gasteiger partial charge in [-0.05, 0) is 5.92 Å². The second-order valence-corrected chi connectivity index (χ2v) is 4.37. The maximum absolute atomic E-state index is 11.5. The predicted octanol–water partition coefficient (Wildman–Crippen LogP) is 0.0435. The highest BCUT2D eigenvalue weighted by Crippen LogP contribution is 2.09. The molecule has 0 aliphatic carbocycles. The number of rotatable bonds is 3. The molecular formula is C10H20N2O3. The van der Waals surface area contributed by atoms with Gasteiger partial charge in [0.1, 0.15) is 0 Å². The van der Waals surface area contributed by atoms with Gasteiger partial charge in [0, 0.05) is 20.1 Å². The van der Waals surface area contributed by atoms with Crippen LogP contribution in [-0.2, 0) is 4.74 Å². The topological polar surface area (TPSA) is 61.8 Å². The third kappa shape index (κ3) is 3.35. The van der Waals surface area contributed by atoms with Crippen molar-refractivity contribution in [2.24, 2.45) is 5.92 Å². The molecule has 5 heteroatoms. The van der Waals surface area contributed by atoms with Crippen LogP contribution < -0.4 is 5.32 Å². The summed E-state index contributed by atoms with van der Waals surface area (Å²) in [7, 11) is 1.66. The lowest BCUT2D eigenvalue weighted by Gasteiger charge is -2.25. The van der Waals surface area contributed by atoms with Gasteiger partial charge in [0.15, 0.2) is 0 Å². The number of likely N-dealkylation sites (N-methyl/N-ethyl adjacent to an activating group) is 1. The molecule has 0 radical (unpaired) electrons. The zero-order valence-electron chi connectivity index (χ0n) is 9.56. The number of aliphatic hydroxyl groups is 1. The number of hydrogen-bond acceptors (Lipinski definition) is 4. The van der Waals surface area contributed by atoms with E-state index in [2.05, 4.69) is 5.32 Å². The van der Waals surface area contributed by atoms with Crippen molar-refractivity contribution in [2.75, 3.05) is 26.7 Å². The van der Waals surface area contributed by atoms with E-state index in [4.69, 9.17) is 4.74 Å². The molecule has 2 N–H and O–H groups in total. The molecule has 0 unspecified atom stereocenters. The molecule has 1 fully saturated rings. The molecule has 0 aromatic rings. The van der Waals surface area contributed by atoms with Crippen LogP contribution in [0.3, 0.4) is 0 Å². The van der Waals surface area contributed by atoms with E-state index in [1.807, 2.05) is 13.8 Å². The monoisotopic (exact) mass is 216 g/mol. The molecule has 1 aliphatic heterocycles. The van der Waals surface area contributed by atoms with Gasteiger partial charge in [0.25, 0.3) is 0 Å². The third-order valence-electron chi connectivity index (χ3n) is 2.48. The van der Waals surface area contributed by atoms with Crippen molar-refractivity contribution in [1.29, 1.82) is 0 Å². The second-order valence-electron chi connectivity index (χ2n) is 4.37. The third-order valence-corrected chi connectivity index (χ3v) is 2.48. The zero-order valence-corrected chi connectivity index (χ0v) is 9.56. The van der Waals surface area contributed by atoms with Gasteiger partial charge in [-0.2, -0.15) is 0 Å². The molecule has 0 bridgehead atoms. The summed E-state index contributed by atoms with van der Waals surface area (Å²) in [6.07, 6.45) is -0.863. The molecule has 5 nitrogen and oxygen atoms in total. The van der Waals surface area contributed by atoms with E-state index in [-0.39, 0.29) is 12.1 Å². The fourth-order valence-electron chi connectivity index (χ4n) is 1.52. The van der Waals surface area contributed by atoms with Crippen molar-refractivity contribution in [3.05, 3.63) is 0 Å². The van der Waals surface area contributed by atoms with Gasteiger partial charge in [0.05, 0.1) is 18.8 Å². The summed E-state index contributed by atoms with van der Waals surface area (Å²) in [5, 5.41) is 12.6. The van der Waals surface area contributed by atoms with Crippen molar-refractivity contribution < 1.29 is 14.6 Å². The molecule has 1 rings (SSSR count). The fourth-order valence-corrected chi connectivity index (χ4v) is 1.52. The Morgan fingerprint density at radius 1 is 1.60 bits per heavy atom. The first-order valence-corrected chi connectivity index (χ1v) is 5.30. The molecule has 0 aromatic carbocycles. The van der Waals surface area contributed by atoms with Gasteiger partial charge in [-0.3, -0.25) is 0 Å². The molecule has 2 atom stereocenters. The number of amides is 1. The summed E-state index contributed by atoms with van der Waals surface area (Å²) >= 11 is 0. The van der Waals surface area contributed by atoms with Gasteiger partial charge in [-0.15, -0.1) is 0 Å². The Morgan fingerprint density at radius 3 is 2.73 bits per heavy atom. The molecule has 1 saturated heterocycles. The first-order chi connectivity index (χ1) is 7.02. The van der Waals surface area contributed by atoms with E-state index >= 15 is 0 Å². The van der Waals surface area contributed by atoms with Gasteiger partial charge in [-0.1, -0.05) is 13.8 Å². The Hall–Kier alpha value is -0.810. The highest BCUT2D eigenvalue weighted by atomic mass is 16.6. The van der Waals surface area contributed by atoms with Crippen molar-refractivity contribution in [2.45, 2.75) is 26.0 Å². The van der Waals surface area contributed by atoms with Crippen molar-refractivity contribution in [3.63, 3.8) is 0 Å². The smallest absolute Gasteiger partial charge is 0.409 e. The Balaban J connectivity index is 2.38. The minimum atomic E-state index is -0.499. The van der Waals surface area contributed by atoms with Crippen molar-refractivity contribution >= 4 is 6.09 Å². The van der Waals surface area contributed by atoms with E-state index in [9.17, 15) is 9.90 Å². The average molecular weight is 216 g/mol. The zero-order chi connectivity index (χ0) is 11.4. The van der Waals surface area contributed by atoms with E-state index < -0.39 is 6.10 Å². The van der Waals surface area contributed by atoms with E-state index in [1.54, 1.807) is 7.05 Å². The summed E-state index contributed by atoms with van der Waals surface area (Å²) < 4.78 is 5.07. The Kier molecular flexibility index (Phi) is 4.35. The van der Waals surface area contributed by atoms with Crippen LogP contribution in [0.15, 0.2) is 0 Å². The van der Waals surface area contributed by atoms with Crippen LogP contribution in [0.25, 0.3) is 0 Å². The van der Waals surface area contributed by atoms with Crippen molar-refractivity contribution in [1.82, 2.24) is 10.2 Å². The lowest BCUT2D eigenvalue weighted by molar-refractivity contribution is 0.0599. The Labute approximate surface area is 90.4 Å². The van der Waals surface area contributed by atoms with E-state index in [0.717, 1.165) is 0 Å². The van der Waals surface area contributed by atoms with Crippen molar-refractivity contribution in [3.8, 4) is 0 Å². The van der Waals surface area contributed by atoms with Crippen LogP contribution in [0.5, 0.6) is 0 Å². The second kappa shape index (κ2) is 5.32. The summed E-state index contributed by atoms with van der Waals surface area (Å²) in [4.78, 5) is 13.0. The molecule has 1 aliphatic rings. The number of ether oxygens (including phenoxy) is 1. The maximum Gasteiger partial charge on any atom is 0.409 e. The highest BCUT2D eigenvalue weighted by Gasteiger charge is 2.31. The molecule has 1 heterocycles. The Bertz CT molecular complexity index is 221. The van der Waals surface area contributed by atoms with Crippen LogP contribution in [0, 0.1) is 5.92 Å². The molecular weight excluding hydrogens is 196 g/mol. The van der Waals surface area contributed by atoms with Crippen LogP contribution in [0.2, 0.25) is 0 Å². The number of hydrogen-bond donors (Lipinski definition) is 2. The van der Waals surface area contributed by atoms with Gasteiger partial charge >= 0.3 is 6.09 Å². The van der Waals surface area contributed by atoms with Gasteiger partial charge in [-0.25, -0.2) is 4.79 Å². The SMILES string of the molecule is CC(C)COC(=O)N(C)[C@@H]1CNC[C@H]1O. The lowest BCUT2D eigenvalue weighted by Crippen LogP contribution is -2.44. The molecule has 0 aromatic heterocycles. The van der Waals surface area contributed by atoms with Crippen LogP contribution >= 0.6 is 0 Å². The first kappa shape index (κ1) is 12.3. The minimum Gasteiger partial charge on any atom is -0.449 e. The van der Waals surface area contributed by atoms with Crippen LogP contribution in [0.1, 0.15) is 13.8 Å². The fraction of sp³-hybridized carbons (Fsp3) is 0.900. The summed E-state index contributed by atoms with van der Waals surface area (Å²) in [6.45, 7) is 5.54. The van der Waals surface area contributed by atoms with E-state index in [0.29, 0.717) is 25.6 Å². The lowest BCUT2D eigenvalue weighted by atomic mass is 10.2. The standard InChI is InChI=1S/C10H20N2O3/c1-7(2)6-15-10(14)12(3)8-4-11-5-9(8)13/h7-9,11,13H,4-6H2,1-3H3/t8-,9-/m1/s1. The number of carbonyl (C=O) groups is 1. The Morgan fingerprint density at radius 2 is 2.27 bits per heavy atom. The molecule has 1 amide bonds. The number of β-amino-alcohol motifs (C(OH)–C–C–N with tert-alkyl or cyclic N) is 1. The summed E-state index contributed by atoms with van der Waals surface area (Å²) in [5.41, 5.74) is 0. The molecule has 15 heavy (non-hydrogen) atoms. The van der Waals surface area contributed by atoms with Crippen LogP contribution in [-0.4, -0.2) is 55.0 Å². The van der Waals surface area contributed by atoms with Gasteiger partial charge < -0.3 is 20.1 Å². The van der Waals surface area contributed by atoms with E-state index in [1.165, 1.54) is 4.90 Å². The van der Waals surface area contributed by atoms with Gasteiger partial charge in [0.2, 0.25) is 0 Å². The predicted molar refractivity (Wildman–Crippen MR) is 56.6 cm³/mol. The molecule has 0 saturated carbocycles. The largest absolute Gasteiger partial charge is 0.449 e. The number of nitrogens with zero attached hydrogens (tertiary/aromatic N) is 1. The maximum atomic E-state index is 11.5. The quantitative estimate of drug-likeness (QED) is 0.699. The average Bonchev–Trinajstić information content (AvgIpc) is 2.59. The minimum absolute atomic E-state index is 0.176. The normalized spacial score (nSPS) is 25.7. The van der Waals surface area contributed by atoms with Crippen LogP contribution in [0.4, 0.5) is 4.79 Å². The highest BCUT2D eigenvalue weighted by molar-refractivity contribution is 5.67. The summed E-state index contributed by atoms with van der Waals surface area (Å²) in [5.74, 6) is 0.328. The number of nitrogens with one attached hydrogen (secondary N) is 1. The molecule has 88 valence electrons. The molecule has 0 spiro atoms.